The minimum atomic E-state index is -1.12. The van der Waals surface area contributed by atoms with Gasteiger partial charge in [0.25, 0.3) is 11.8 Å². The van der Waals surface area contributed by atoms with Crippen molar-refractivity contribution in [3.63, 3.8) is 0 Å². The number of halogens is 2. The Morgan fingerprint density at radius 1 is 0.906 bits per heavy atom. The normalized spacial score (nSPS) is 13.8. The van der Waals surface area contributed by atoms with Crippen molar-refractivity contribution in [1.82, 2.24) is 9.88 Å². The summed E-state index contributed by atoms with van der Waals surface area (Å²) in [5.41, 5.74) is 2.13. The molecule has 4 rings (SSSR count). The molecule has 0 saturated carbocycles. The molecule has 0 aliphatic carbocycles. The van der Waals surface area contributed by atoms with Crippen molar-refractivity contribution in [3.8, 4) is 0 Å². The second-order valence-corrected chi connectivity index (χ2v) is 7.32. The number of carbonyl (C=O) groups excluding carboxylic acids is 2. The fourth-order valence-electron chi connectivity index (χ4n) is 3.78. The molecule has 0 radical (unpaired) electrons. The lowest BCUT2D eigenvalue weighted by Gasteiger charge is -2.25. The van der Waals surface area contributed by atoms with Crippen molar-refractivity contribution < 1.29 is 18.4 Å². The first-order valence-electron chi connectivity index (χ1n) is 10.3. The van der Waals surface area contributed by atoms with E-state index >= 15 is 0 Å². The molecule has 0 unspecified atom stereocenters. The van der Waals surface area contributed by atoms with Crippen molar-refractivity contribution in [2.24, 2.45) is 0 Å². The fraction of sp³-hybridized carbons (Fsp3) is 0.160. The lowest BCUT2D eigenvalue weighted by molar-refractivity contribution is -0.120. The molecule has 0 spiro atoms. The molecule has 0 bridgehead atoms. The topological polar surface area (TPSA) is 53.5 Å². The quantitative estimate of drug-likeness (QED) is 0.524. The minimum absolute atomic E-state index is 0.00693. The van der Waals surface area contributed by atoms with Crippen LogP contribution in [0.3, 0.4) is 0 Å². The third kappa shape index (κ3) is 4.01. The Morgan fingerprint density at radius 3 is 2.28 bits per heavy atom. The number of pyridine rings is 1. The smallest absolute Gasteiger partial charge is 0.282 e. The largest absolute Gasteiger partial charge is 0.366 e. The predicted molar refractivity (Wildman–Crippen MR) is 117 cm³/mol. The zero-order chi connectivity index (χ0) is 22.7. The van der Waals surface area contributed by atoms with E-state index < -0.39 is 23.4 Å². The van der Waals surface area contributed by atoms with Gasteiger partial charge in [0.2, 0.25) is 0 Å². The Balaban J connectivity index is 1.75. The highest BCUT2D eigenvalue weighted by Crippen LogP contribution is 2.35. The van der Waals surface area contributed by atoms with Crippen LogP contribution in [-0.2, 0) is 16.0 Å². The van der Waals surface area contributed by atoms with Gasteiger partial charge in [0.05, 0.1) is 11.3 Å². The molecule has 162 valence electrons. The van der Waals surface area contributed by atoms with Crippen molar-refractivity contribution in [2.75, 3.05) is 18.0 Å². The number of rotatable bonds is 7. The summed E-state index contributed by atoms with van der Waals surface area (Å²) in [5.74, 6) is -3.29. The van der Waals surface area contributed by atoms with Crippen LogP contribution in [0.25, 0.3) is 5.57 Å². The van der Waals surface area contributed by atoms with Crippen LogP contribution < -0.4 is 4.90 Å². The number of aromatic nitrogens is 1. The highest BCUT2D eigenvalue weighted by atomic mass is 19.2. The molecule has 2 heterocycles. The Morgan fingerprint density at radius 2 is 1.62 bits per heavy atom. The number of hydrogen-bond acceptors (Lipinski definition) is 4. The van der Waals surface area contributed by atoms with Gasteiger partial charge in [-0.3, -0.25) is 14.6 Å². The third-order valence-corrected chi connectivity index (χ3v) is 5.40. The van der Waals surface area contributed by atoms with Crippen LogP contribution in [-0.4, -0.2) is 34.8 Å². The number of benzene rings is 2. The molecular formula is C25H21F2N3O2. The number of anilines is 1. The third-order valence-electron chi connectivity index (χ3n) is 5.40. The predicted octanol–water partition coefficient (Wildman–Crippen LogP) is 4.21. The molecule has 1 aromatic heterocycles. The van der Waals surface area contributed by atoms with Crippen molar-refractivity contribution in [1.29, 1.82) is 0 Å². The summed E-state index contributed by atoms with van der Waals surface area (Å²) < 4.78 is 27.3. The van der Waals surface area contributed by atoms with E-state index in [1.54, 1.807) is 36.7 Å². The van der Waals surface area contributed by atoms with Gasteiger partial charge in [0, 0.05) is 31.5 Å². The number of carbonyl (C=O) groups is 2. The Kier molecular flexibility index (Phi) is 6.07. The van der Waals surface area contributed by atoms with Crippen molar-refractivity contribution in [3.05, 3.63) is 102 Å². The van der Waals surface area contributed by atoms with Gasteiger partial charge in [-0.15, -0.1) is 0 Å². The van der Waals surface area contributed by atoms with E-state index in [4.69, 9.17) is 0 Å². The maximum atomic E-state index is 13.9. The zero-order valence-electron chi connectivity index (χ0n) is 17.5. The average molecular weight is 433 g/mol. The Bertz CT molecular complexity index is 1180. The molecule has 3 aromatic rings. The molecule has 1 aliphatic heterocycles. The zero-order valence-corrected chi connectivity index (χ0v) is 17.5. The molecule has 1 aliphatic rings. The van der Waals surface area contributed by atoms with Gasteiger partial charge in [0.1, 0.15) is 5.70 Å². The summed E-state index contributed by atoms with van der Waals surface area (Å²) in [7, 11) is 0. The Labute approximate surface area is 184 Å². The summed E-state index contributed by atoms with van der Waals surface area (Å²) in [6, 6.07) is 15.7. The maximum Gasteiger partial charge on any atom is 0.282 e. The van der Waals surface area contributed by atoms with Gasteiger partial charge in [-0.05, 0) is 48.7 Å². The number of nitrogens with zero attached hydrogens (tertiary/aromatic N) is 3. The van der Waals surface area contributed by atoms with Crippen LogP contribution in [0.15, 0.2) is 78.8 Å². The molecule has 5 nitrogen and oxygen atoms in total. The van der Waals surface area contributed by atoms with Crippen LogP contribution >= 0.6 is 0 Å². The standard InChI is InChI=1S/C25H21F2N3O2/c1-2-29(15-12-17-10-13-28-14-11-17)23-22(18-6-4-3-5-7-18)24(31)30(25(23)32)19-8-9-20(26)21(27)16-19/h3-11,13-14,16H,2,12,15H2,1H3. The van der Waals surface area contributed by atoms with E-state index in [0.717, 1.165) is 22.6 Å². The van der Waals surface area contributed by atoms with Crippen LogP contribution in [0.1, 0.15) is 18.1 Å². The fourth-order valence-corrected chi connectivity index (χ4v) is 3.78. The van der Waals surface area contributed by atoms with Gasteiger partial charge in [0.15, 0.2) is 11.6 Å². The second kappa shape index (κ2) is 9.09. The molecule has 2 aromatic carbocycles. The van der Waals surface area contributed by atoms with Crippen LogP contribution in [0, 0.1) is 11.6 Å². The number of amides is 2. The molecule has 0 atom stereocenters. The molecule has 32 heavy (non-hydrogen) atoms. The molecule has 2 amide bonds. The van der Waals surface area contributed by atoms with Gasteiger partial charge < -0.3 is 4.90 Å². The summed E-state index contributed by atoms with van der Waals surface area (Å²) in [5, 5.41) is 0. The highest BCUT2D eigenvalue weighted by molar-refractivity contribution is 6.45. The van der Waals surface area contributed by atoms with E-state index in [1.807, 2.05) is 30.0 Å². The minimum Gasteiger partial charge on any atom is -0.366 e. The molecule has 0 fully saturated rings. The molecule has 0 N–H and O–H groups in total. The summed E-state index contributed by atoms with van der Waals surface area (Å²) in [6.45, 7) is 2.89. The monoisotopic (exact) mass is 433 g/mol. The van der Waals surface area contributed by atoms with Crippen LogP contribution in [0.2, 0.25) is 0 Å². The van der Waals surface area contributed by atoms with E-state index in [2.05, 4.69) is 4.98 Å². The summed E-state index contributed by atoms with van der Waals surface area (Å²) >= 11 is 0. The van der Waals surface area contributed by atoms with Crippen LogP contribution in [0.5, 0.6) is 0 Å². The summed E-state index contributed by atoms with van der Waals surface area (Å²) in [6.07, 6.45) is 4.05. The first-order chi connectivity index (χ1) is 15.5. The summed E-state index contributed by atoms with van der Waals surface area (Å²) in [4.78, 5) is 33.7. The lowest BCUT2D eigenvalue weighted by atomic mass is 10.0. The van der Waals surface area contributed by atoms with Crippen molar-refractivity contribution in [2.45, 2.75) is 13.3 Å². The SMILES string of the molecule is CCN(CCc1ccncc1)C1=C(c2ccccc2)C(=O)N(c2ccc(F)c(F)c2)C1=O. The lowest BCUT2D eigenvalue weighted by Crippen LogP contribution is -2.36. The average Bonchev–Trinajstić information content (AvgIpc) is 3.07. The number of likely N-dealkylation sites (N-methyl/N-ethyl adjacent to an activating group) is 1. The van der Waals surface area contributed by atoms with Gasteiger partial charge in [-0.25, -0.2) is 13.7 Å². The first kappa shape index (κ1) is 21.4. The van der Waals surface area contributed by atoms with Crippen molar-refractivity contribution >= 4 is 23.1 Å². The van der Waals surface area contributed by atoms with Gasteiger partial charge in [-0.1, -0.05) is 30.3 Å². The van der Waals surface area contributed by atoms with E-state index in [9.17, 15) is 18.4 Å². The van der Waals surface area contributed by atoms with E-state index in [1.165, 1.54) is 6.07 Å². The maximum absolute atomic E-state index is 13.9. The van der Waals surface area contributed by atoms with Gasteiger partial charge >= 0.3 is 0 Å². The molecular weight excluding hydrogens is 412 g/mol. The van der Waals surface area contributed by atoms with Gasteiger partial charge in [-0.2, -0.15) is 0 Å². The molecule has 7 heteroatoms. The first-order valence-corrected chi connectivity index (χ1v) is 10.3. The second-order valence-electron chi connectivity index (χ2n) is 7.32. The van der Waals surface area contributed by atoms with Crippen LogP contribution in [0.4, 0.5) is 14.5 Å². The number of imide groups is 1. The van der Waals surface area contributed by atoms with E-state index in [0.29, 0.717) is 25.1 Å². The number of hydrogen-bond donors (Lipinski definition) is 0. The Hall–Kier alpha value is -3.87. The molecule has 0 saturated heterocycles. The highest BCUT2D eigenvalue weighted by Gasteiger charge is 2.42. The van der Waals surface area contributed by atoms with E-state index in [-0.39, 0.29) is 17.0 Å².